The van der Waals surface area contributed by atoms with E-state index in [-0.39, 0.29) is 5.91 Å². The lowest BCUT2D eigenvalue weighted by molar-refractivity contribution is -0.118. The van der Waals surface area contributed by atoms with Crippen molar-refractivity contribution in [2.24, 2.45) is 0 Å². The molecule has 3 aromatic carbocycles. The van der Waals surface area contributed by atoms with Crippen LogP contribution in [0, 0.1) is 0 Å². The van der Waals surface area contributed by atoms with E-state index in [1.165, 1.54) is 16.9 Å². The van der Waals surface area contributed by atoms with Gasteiger partial charge in [-0.25, -0.2) is 4.98 Å². The van der Waals surface area contributed by atoms with Crippen molar-refractivity contribution in [1.82, 2.24) is 4.98 Å². The van der Waals surface area contributed by atoms with E-state index < -0.39 is 0 Å². The third-order valence-corrected chi connectivity index (χ3v) is 6.12. The molecule has 0 saturated carbocycles. The molecular formula is C24H21ClN2OS. The van der Waals surface area contributed by atoms with Crippen LogP contribution in [0.2, 0.25) is 5.02 Å². The highest BCUT2D eigenvalue weighted by Gasteiger charge is 2.20. The second kappa shape index (κ2) is 8.76. The van der Waals surface area contributed by atoms with Crippen molar-refractivity contribution in [3.63, 3.8) is 0 Å². The van der Waals surface area contributed by atoms with Crippen molar-refractivity contribution in [2.45, 2.75) is 26.3 Å². The average Bonchev–Trinajstić information content (AvgIpc) is 3.16. The molecule has 0 bridgehead atoms. The predicted octanol–water partition coefficient (Wildman–Crippen LogP) is 6.29. The van der Waals surface area contributed by atoms with E-state index in [9.17, 15) is 4.79 Å². The van der Waals surface area contributed by atoms with Crippen LogP contribution < -0.4 is 4.90 Å². The number of fused-ring (bicyclic) bond motifs is 1. The Bertz CT molecular complexity index is 1120. The summed E-state index contributed by atoms with van der Waals surface area (Å²) in [5.41, 5.74) is 4.20. The van der Waals surface area contributed by atoms with Gasteiger partial charge in [0.05, 0.1) is 23.2 Å². The number of carbonyl (C=O) groups excluding carboxylic acids is 1. The van der Waals surface area contributed by atoms with Gasteiger partial charge in [-0.3, -0.25) is 9.69 Å². The Hall–Kier alpha value is -2.69. The molecule has 0 unspecified atom stereocenters. The van der Waals surface area contributed by atoms with Crippen molar-refractivity contribution in [3.8, 4) is 0 Å². The summed E-state index contributed by atoms with van der Waals surface area (Å²) in [4.78, 5) is 19.8. The monoisotopic (exact) mass is 420 g/mol. The van der Waals surface area contributed by atoms with Crippen LogP contribution in [0.1, 0.15) is 23.6 Å². The van der Waals surface area contributed by atoms with Crippen LogP contribution in [-0.4, -0.2) is 10.9 Å². The van der Waals surface area contributed by atoms with Gasteiger partial charge in [-0.15, -0.1) is 0 Å². The van der Waals surface area contributed by atoms with Crippen molar-refractivity contribution in [2.75, 3.05) is 4.90 Å². The molecule has 0 saturated heterocycles. The Morgan fingerprint density at radius 1 is 0.966 bits per heavy atom. The van der Waals surface area contributed by atoms with Gasteiger partial charge in [0.25, 0.3) is 0 Å². The quantitative estimate of drug-likeness (QED) is 0.367. The number of rotatable bonds is 6. The van der Waals surface area contributed by atoms with Gasteiger partial charge >= 0.3 is 0 Å². The SMILES string of the molecule is CCc1ccc(CC(=O)N(Cc2ccccc2)c2nc3ccc(Cl)cc3s2)cc1. The second-order valence-corrected chi connectivity index (χ2v) is 8.37. The van der Waals surface area contributed by atoms with Gasteiger partial charge in [-0.05, 0) is 41.3 Å². The molecule has 29 heavy (non-hydrogen) atoms. The van der Waals surface area contributed by atoms with Crippen molar-refractivity contribution in [3.05, 3.63) is 94.5 Å². The molecule has 1 amide bonds. The third-order valence-electron chi connectivity index (χ3n) is 4.84. The summed E-state index contributed by atoms with van der Waals surface area (Å²) in [5.74, 6) is 0.0308. The van der Waals surface area contributed by atoms with Gasteiger partial charge < -0.3 is 0 Å². The molecular weight excluding hydrogens is 400 g/mol. The lowest BCUT2D eigenvalue weighted by Crippen LogP contribution is -2.31. The van der Waals surface area contributed by atoms with E-state index >= 15 is 0 Å². The molecule has 0 spiro atoms. The van der Waals surface area contributed by atoms with Crippen molar-refractivity contribution < 1.29 is 4.79 Å². The summed E-state index contributed by atoms with van der Waals surface area (Å²) in [6.07, 6.45) is 1.33. The minimum absolute atomic E-state index is 0.0308. The number of aromatic nitrogens is 1. The standard InChI is InChI=1S/C24H21ClN2OS/c1-2-17-8-10-18(11-9-17)14-23(28)27(16-19-6-4-3-5-7-19)24-26-21-13-12-20(25)15-22(21)29-24/h3-13,15H,2,14,16H2,1H3. The Labute approximate surface area is 179 Å². The zero-order valence-electron chi connectivity index (χ0n) is 16.1. The van der Waals surface area contributed by atoms with E-state index in [0.717, 1.165) is 27.8 Å². The summed E-state index contributed by atoms with van der Waals surface area (Å²) in [6, 6.07) is 23.9. The van der Waals surface area contributed by atoms with Crippen LogP contribution in [0.5, 0.6) is 0 Å². The second-order valence-electron chi connectivity index (χ2n) is 6.92. The van der Waals surface area contributed by atoms with Crippen molar-refractivity contribution >= 4 is 44.2 Å². The third kappa shape index (κ3) is 4.66. The minimum Gasteiger partial charge on any atom is -0.283 e. The van der Waals surface area contributed by atoms with Gasteiger partial charge in [0.2, 0.25) is 5.91 Å². The molecule has 146 valence electrons. The fourth-order valence-corrected chi connectivity index (χ4v) is 4.45. The summed E-state index contributed by atoms with van der Waals surface area (Å²) in [5, 5.41) is 1.37. The highest BCUT2D eigenvalue weighted by atomic mass is 35.5. The molecule has 1 aromatic heterocycles. The highest BCUT2D eigenvalue weighted by molar-refractivity contribution is 7.22. The lowest BCUT2D eigenvalue weighted by atomic mass is 10.1. The first-order chi connectivity index (χ1) is 14.1. The largest absolute Gasteiger partial charge is 0.283 e. The van der Waals surface area contributed by atoms with Gasteiger partial charge in [0.1, 0.15) is 0 Å². The summed E-state index contributed by atoms with van der Waals surface area (Å²) < 4.78 is 0.977. The highest BCUT2D eigenvalue weighted by Crippen LogP contribution is 2.32. The van der Waals surface area contributed by atoms with Crippen LogP contribution in [0.4, 0.5) is 5.13 Å². The van der Waals surface area contributed by atoms with Gasteiger partial charge in [0, 0.05) is 5.02 Å². The van der Waals surface area contributed by atoms with E-state index in [1.54, 1.807) is 4.90 Å². The fourth-order valence-electron chi connectivity index (χ4n) is 3.19. The molecule has 3 nitrogen and oxygen atoms in total. The Balaban J connectivity index is 1.65. The molecule has 4 rings (SSSR count). The molecule has 1 heterocycles. The number of amides is 1. The summed E-state index contributed by atoms with van der Waals surface area (Å²) in [6.45, 7) is 2.61. The molecule has 0 atom stereocenters. The zero-order valence-corrected chi connectivity index (χ0v) is 17.7. The first kappa shape index (κ1) is 19.6. The van der Waals surface area contributed by atoms with E-state index in [2.05, 4.69) is 19.1 Å². The average molecular weight is 421 g/mol. The number of halogens is 1. The van der Waals surface area contributed by atoms with Gasteiger partial charge in [0.15, 0.2) is 5.13 Å². The van der Waals surface area contributed by atoms with Gasteiger partial charge in [-0.1, -0.05) is 84.5 Å². The molecule has 0 aliphatic rings. The summed E-state index contributed by atoms with van der Waals surface area (Å²) in [7, 11) is 0. The normalized spacial score (nSPS) is 11.0. The first-order valence-corrected chi connectivity index (χ1v) is 10.8. The summed E-state index contributed by atoms with van der Waals surface area (Å²) >= 11 is 7.62. The maximum Gasteiger partial charge on any atom is 0.233 e. The van der Waals surface area contributed by atoms with E-state index in [0.29, 0.717) is 23.1 Å². The van der Waals surface area contributed by atoms with E-state index in [1.807, 2.05) is 60.7 Å². The molecule has 5 heteroatoms. The Morgan fingerprint density at radius 3 is 2.41 bits per heavy atom. The number of thiazole rings is 1. The number of benzene rings is 3. The molecule has 0 N–H and O–H groups in total. The predicted molar refractivity (Wildman–Crippen MR) is 122 cm³/mol. The Morgan fingerprint density at radius 2 is 1.69 bits per heavy atom. The van der Waals surface area contributed by atoms with Crippen LogP contribution >= 0.6 is 22.9 Å². The Kier molecular flexibility index (Phi) is 5.93. The first-order valence-electron chi connectivity index (χ1n) is 9.60. The molecule has 4 aromatic rings. The number of nitrogens with zero attached hydrogens (tertiary/aromatic N) is 2. The number of hydrogen-bond acceptors (Lipinski definition) is 3. The van der Waals surface area contributed by atoms with Gasteiger partial charge in [-0.2, -0.15) is 0 Å². The lowest BCUT2D eigenvalue weighted by Gasteiger charge is -2.20. The van der Waals surface area contributed by atoms with Crippen molar-refractivity contribution in [1.29, 1.82) is 0 Å². The maximum atomic E-state index is 13.3. The number of aryl methyl sites for hydroxylation is 1. The topological polar surface area (TPSA) is 33.2 Å². The van der Waals surface area contributed by atoms with Crippen LogP contribution in [0.3, 0.4) is 0 Å². The van der Waals surface area contributed by atoms with Crippen LogP contribution in [0.15, 0.2) is 72.8 Å². The molecule has 0 radical (unpaired) electrons. The number of carbonyl (C=O) groups is 1. The maximum absolute atomic E-state index is 13.3. The van der Waals surface area contributed by atoms with Crippen LogP contribution in [-0.2, 0) is 24.2 Å². The zero-order chi connectivity index (χ0) is 20.2. The smallest absolute Gasteiger partial charge is 0.233 e. The molecule has 0 aliphatic carbocycles. The van der Waals surface area contributed by atoms with Crippen LogP contribution in [0.25, 0.3) is 10.2 Å². The molecule has 0 aliphatic heterocycles. The van der Waals surface area contributed by atoms with E-state index in [4.69, 9.17) is 16.6 Å². The minimum atomic E-state index is 0.0308. The number of anilines is 1. The number of hydrogen-bond donors (Lipinski definition) is 0. The fraction of sp³-hybridized carbons (Fsp3) is 0.167. The molecule has 0 fully saturated rings.